The van der Waals surface area contributed by atoms with Crippen LogP contribution in [0, 0.1) is 12.7 Å². The van der Waals surface area contributed by atoms with Crippen molar-refractivity contribution in [3.05, 3.63) is 69.5 Å². The Hall–Kier alpha value is -3.32. The fourth-order valence-electron chi connectivity index (χ4n) is 3.42. The molecular formula is C22H16Cl2F6N6O. The lowest BCUT2D eigenvalue weighted by Crippen LogP contribution is -2.36. The summed E-state index contributed by atoms with van der Waals surface area (Å²) in [5.41, 5.74) is -2.09. The summed E-state index contributed by atoms with van der Waals surface area (Å²) < 4.78 is 83.5. The van der Waals surface area contributed by atoms with Crippen molar-refractivity contribution in [2.24, 2.45) is 0 Å². The van der Waals surface area contributed by atoms with E-state index in [0.29, 0.717) is 29.7 Å². The fraction of sp³-hybridized carbons (Fsp3) is 0.273. The van der Waals surface area contributed by atoms with Gasteiger partial charge in [0.25, 0.3) is 5.91 Å². The van der Waals surface area contributed by atoms with Crippen LogP contribution < -0.4 is 5.32 Å². The molecule has 15 heteroatoms. The largest absolute Gasteiger partial charge is 0.459 e. The van der Waals surface area contributed by atoms with Gasteiger partial charge in [0.2, 0.25) is 0 Å². The monoisotopic (exact) mass is 564 g/mol. The number of alkyl halides is 5. The first kappa shape index (κ1) is 26.7. The molecule has 7 nitrogen and oxygen atoms in total. The molecule has 0 saturated heterocycles. The van der Waals surface area contributed by atoms with Crippen molar-refractivity contribution >= 4 is 34.8 Å². The number of nitrogens with one attached hydrogen (secondary N) is 1. The Balaban J connectivity index is 1.61. The van der Waals surface area contributed by atoms with Crippen molar-refractivity contribution in [2.75, 3.05) is 6.54 Å². The van der Waals surface area contributed by atoms with Crippen LogP contribution in [0.3, 0.4) is 0 Å². The summed E-state index contributed by atoms with van der Waals surface area (Å²) in [5, 5.41) is 10.8. The Morgan fingerprint density at radius 2 is 1.73 bits per heavy atom. The van der Waals surface area contributed by atoms with E-state index in [2.05, 4.69) is 20.5 Å². The van der Waals surface area contributed by atoms with Crippen LogP contribution >= 0.6 is 23.2 Å². The number of nitrogens with zero attached hydrogens (tertiary/aromatic N) is 5. The first-order chi connectivity index (χ1) is 17.3. The lowest BCUT2D eigenvalue weighted by Gasteiger charge is -2.21. The molecule has 1 aromatic carbocycles. The highest BCUT2D eigenvalue weighted by atomic mass is 35.5. The number of rotatable bonds is 7. The van der Waals surface area contributed by atoms with Gasteiger partial charge in [0.15, 0.2) is 11.3 Å². The standard InChI is InChI=1S/C22H16Cl2F6N6O/c1-11-18(23)19(24)35(33-11)8-2-7-31-20(37)15-10-17-32-14(12-3-5-13(25)6-4-12)9-16(36(17)34-15)21(26,27)22(28,29)30/h3-6,9-10H,2,7-8H2,1H3,(H,31,37). The maximum Gasteiger partial charge on any atom is 0.459 e. The number of carbonyl (C=O) groups excluding carboxylic acids is 1. The van der Waals surface area contributed by atoms with Gasteiger partial charge in [-0.15, -0.1) is 0 Å². The SMILES string of the molecule is Cc1nn(CCCNC(=O)c2cc3nc(-c4ccc(F)cc4)cc(C(F)(F)C(F)(F)F)n3n2)c(Cl)c1Cl. The van der Waals surface area contributed by atoms with Crippen LogP contribution in [0.2, 0.25) is 10.2 Å². The summed E-state index contributed by atoms with van der Waals surface area (Å²) >= 11 is 12.0. The van der Waals surface area contributed by atoms with Crippen molar-refractivity contribution in [1.82, 2.24) is 29.7 Å². The number of halogens is 8. The highest BCUT2D eigenvalue weighted by Gasteiger charge is 2.60. The molecule has 3 heterocycles. The zero-order chi connectivity index (χ0) is 27.1. The molecule has 0 radical (unpaired) electrons. The molecule has 4 rings (SSSR count). The summed E-state index contributed by atoms with van der Waals surface area (Å²) in [6, 6.07) is 5.84. The molecule has 1 N–H and O–H groups in total. The van der Waals surface area contributed by atoms with E-state index in [4.69, 9.17) is 23.2 Å². The van der Waals surface area contributed by atoms with E-state index < -0.39 is 40.9 Å². The molecule has 0 aliphatic rings. The second kappa shape index (κ2) is 9.86. The highest BCUT2D eigenvalue weighted by Crippen LogP contribution is 2.44. The third kappa shape index (κ3) is 5.23. The predicted octanol–water partition coefficient (Wildman–Crippen LogP) is 5.82. The van der Waals surface area contributed by atoms with Crippen LogP contribution in [0.5, 0.6) is 0 Å². The Labute approximate surface area is 215 Å². The minimum atomic E-state index is -5.95. The minimum absolute atomic E-state index is 0.0827. The molecule has 0 aliphatic carbocycles. The van der Waals surface area contributed by atoms with Gasteiger partial charge in [0.1, 0.15) is 21.7 Å². The molecule has 0 saturated carbocycles. The lowest BCUT2D eigenvalue weighted by atomic mass is 10.1. The van der Waals surface area contributed by atoms with E-state index in [0.717, 1.165) is 18.2 Å². The number of hydrogen-bond acceptors (Lipinski definition) is 4. The molecule has 0 unspecified atom stereocenters. The number of aromatic nitrogens is 5. The van der Waals surface area contributed by atoms with Crippen molar-refractivity contribution in [3.8, 4) is 11.3 Å². The third-order valence-electron chi connectivity index (χ3n) is 5.31. The number of carbonyl (C=O) groups is 1. The second-order valence-corrected chi connectivity index (χ2v) is 8.66. The summed E-state index contributed by atoms with van der Waals surface area (Å²) in [7, 11) is 0. The maximum absolute atomic E-state index is 14.4. The zero-order valence-electron chi connectivity index (χ0n) is 18.8. The van der Waals surface area contributed by atoms with E-state index in [1.54, 1.807) is 6.92 Å². The third-order valence-corrected chi connectivity index (χ3v) is 6.24. The van der Waals surface area contributed by atoms with Crippen LogP contribution in [0.15, 0.2) is 36.4 Å². The average Bonchev–Trinajstić information content (AvgIpc) is 3.37. The van der Waals surface area contributed by atoms with Crippen molar-refractivity contribution in [2.45, 2.75) is 32.0 Å². The summed E-state index contributed by atoms with van der Waals surface area (Å²) in [6.45, 7) is 2.05. The zero-order valence-corrected chi connectivity index (χ0v) is 20.3. The quantitative estimate of drug-likeness (QED) is 0.226. The fourth-order valence-corrected chi connectivity index (χ4v) is 3.82. The Morgan fingerprint density at radius 3 is 2.32 bits per heavy atom. The number of aryl methyl sites for hydroxylation is 2. The van der Waals surface area contributed by atoms with Gasteiger partial charge in [-0.25, -0.2) is 13.9 Å². The lowest BCUT2D eigenvalue weighted by molar-refractivity contribution is -0.291. The van der Waals surface area contributed by atoms with E-state index >= 15 is 0 Å². The molecule has 0 fully saturated rings. The van der Waals surface area contributed by atoms with Crippen molar-refractivity contribution in [3.63, 3.8) is 0 Å². The molecular weight excluding hydrogens is 549 g/mol. The molecule has 0 spiro atoms. The van der Waals surface area contributed by atoms with Gasteiger partial charge in [-0.3, -0.25) is 9.48 Å². The van der Waals surface area contributed by atoms with Crippen LogP contribution in [0.25, 0.3) is 16.9 Å². The maximum atomic E-state index is 14.4. The molecule has 37 heavy (non-hydrogen) atoms. The topological polar surface area (TPSA) is 77.1 Å². The predicted molar refractivity (Wildman–Crippen MR) is 122 cm³/mol. The molecule has 0 aliphatic heterocycles. The van der Waals surface area contributed by atoms with Gasteiger partial charge in [-0.05, 0) is 43.7 Å². The van der Waals surface area contributed by atoms with E-state index in [-0.39, 0.29) is 27.5 Å². The van der Waals surface area contributed by atoms with E-state index in [1.807, 2.05) is 0 Å². The molecule has 4 aromatic rings. The Kier molecular flexibility index (Phi) is 7.12. The Bertz CT molecular complexity index is 1470. The average molecular weight is 565 g/mol. The van der Waals surface area contributed by atoms with Gasteiger partial charge in [0.05, 0.1) is 11.4 Å². The normalized spacial score (nSPS) is 12.4. The molecule has 196 valence electrons. The number of benzene rings is 1. The van der Waals surface area contributed by atoms with Crippen molar-refractivity contribution in [1.29, 1.82) is 0 Å². The van der Waals surface area contributed by atoms with E-state index in [9.17, 15) is 31.1 Å². The number of hydrogen-bond donors (Lipinski definition) is 1. The van der Waals surface area contributed by atoms with Crippen molar-refractivity contribution < 1.29 is 31.1 Å². The molecule has 0 bridgehead atoms. The first-order valence-corrected chi connectivity index (χ1v) is 11.3. The van der Waals surface area contributed by atoms with Crippen LogP contribution in [0.1, 0.15) is 28.3 Å². The smallest absolute Gasteiger partial charge is 0.351 e. The van der Waals surface area contributed by atoms with Crippen LogP contribution in [-0.2, 0) is 12.5 Å². The van der Waals surface area contributed by atoms with E-state index in [1.165, 1.54) is 16.8 Å². The van der Waals surface area contributed by atoms with Gasteiger partial charge < -0.3 is 5.32 Å². The van der Waals surface area contributed by atoms with Gasteiger partial charge in [-0.1, -0.05) is 23.2 Å². The molecule has 3 aromatic heterocycles. The minimum Gasteiger partial charge on any atom is -0.351 e. The van der Waals surface area contributed by atoms with Crippen LogP contribution in [-0.4, -0.2) is 43.0 Å². The summed E-state index contributed by atoms with van der Waals surface area (Å²) in [6.07, 6.45) is -5.61. The summed E-state index contributed by atoms with van der Waals surface area (Å²) in [5.74, 6) is -6.79. The van der Waals surface area contributed by atoms with Crippen LogP contribution in [0.4, 0.5) is 26.3 Å². The number of amides is 1. The molecule has 0 atom stereocenters. The molecule has 1 amide bonds. The first-order valence-electron chi connectivity index (χ1n) is 10.6. The second-order valence-electron chi connectivity index (χ2n) is 7.93. The number of fused-ring (bicyclic) bond motifs is 1. The summed E-state index contributed by atoms with van der Waals surface area (Å²) in [4.78, 5) is 16.6. The highest BCUT2D eigenvalue weighted by molar-refractivity contribution is 6.41. The van der Waals surface area contributed by atoms with Gasteiger partial charge >= 0.3 is 12.1 Å². The Morgan fingerprint density at radius 1 is 1.05 bits per heavy atom. The van der Waals surface area contributed by atoms with Gasteiger partial charge in [0, 0.05) is 24.7 Å². The van der Waals surface area contributed by atoms with Gasteiger partial charge in [-0.2, -0.15) is 32.1 Å².